The van der Waals surface area contributed by atoms with Crippen molar-refractivity contribution in [1.82, 2.24) is 0 Å². The van der Waals surface area contributed by atoms with Crippen molar-refractivity contribution in [2.75, 3.05) is 0 Å². The van der Waals surface area contributed by atoms with Gasteiger partial charge in [0.2, 0.25) is 0 Å². The molecule has 0 radical (unpaired) electrons. The maximum atomic E-state index is 6.61. The zero-order valence-electron chi connectivity index (χ0n) is 18.5. The van der Waals surface area contributed by atoms with E-state index in [1.807, 2.05) is 0 Å². The topological polar surface area (TPSA) is 18.5 Å². The van der Waals surface area contributed by atoms with Gasteiger partial charge in [-0.1, -0.05) is 40.5 Å². The van der Waals surface area contributed by atoms with E-state index >= 15 is 0 Å². The van der Waals surface area contributed by atoms with Crippen LogP contribution in [-0.4, -0.2) is 27.8 Å². The monoisotopic (exact) mass is 374 g/mol. The zero-order valence-corrected chi connectivity index (χ0v) is 20.5. The first-order chi connectivity index (χ1) is 10.9. The molecule has 0 aromatic carbocycles. The van der Waals surface area contributed by atoms with Crippen LogP contribution in [0.5, 0.6) is 0 Å². The van der Waals surface area contributed by atoms with Crippen LogP contribution in [-0.2, 0) is 8.85 Å². The van der Waals surface area contributed by atoms with Gasteiger partial charge < -0.3 is 8.85 Å². The Morgan fingerprint density at radius 1 is 0.542 bits per heavy atom. The number of rotatable bonds is 11. The summed E-state index contributed by atoms with van der Waals surface area (Å²) in [5.41, 5.74) is -0.00212. The van der Waals surface area contributed by atoms with E-state index in [2.05, 4.69) is 69.2 Å². The molecule has 0 aliphatic rings. The maximum absolute atomic E-state index is 6.61. The molecule has 0 atom stereocenters. The molecule has 0 aliphatic carbocycles. The Morgan fingerprint density at radius 3 is 0.958 bits per heavy atom. The Labute approximate surface area is 155 Å². The molecule has 0 aromatic rings. The average Bonchev–Trinajstić information content (AvgIpc) is 2.46. The van der Waals surface area contributed by atoms with Crippen LogP contribution in [0.2, 0.25) is 36.3 Å². The minimum Gasteiger partial charge on any atom is -0.412 e. The highest BCUT2D eigenvalue weighted by molar-refractivity contribution is 6.74. The van der Waals surface area contributed by atoms with E-state index in [4.69, 9.17) is 8.85 Å². The van der Waals surface area contributed by atoms with Crippen LogP contribution in [0.4, 0.5) is 0 Å². The van der Waals surface area contributed by atoms with Gasteiger partial charge in [0.05, 0.1) is 0 Å². The molecule has 0 fully saturated rings. The highest BCUT2D eigenvalue weighted by Gasteiger charge is 2.37. The van der Waals surface area contributed by atoms with Crippen LogP contribution < -0.4 is 0 Å². The van der Waals surface area contributed by atoms with Crippen molar-refractivity contribution in [3.05, 3.63) is 0 Å². The molecule has 0 saturated heterocycles. The lowest BCUT2D eigenvalue weighted by Crippen LogP contribution is -2.44. The van der Waals surface area contributed by atoms with Gasteiger partial charge in [0.25, 0.3) is 0 Å². The largest absolute Gasteiger partial charge is 0.412 e. The Bertz CT molecular complexity index is 301. The Morgan fingerprint density at radius 2 is 0.792 bits per heavy atom. The third-order valence-corrected chi connectivity index (χ3v) is 14.9. The first kappa shape index (κ1) is 24.4. The van der Waals surface area contributed by atoms with Gasteiger partial charge in [-0.25, -0.2) is 0 Å². The van der Waals surface area contributed by atoms with Crippen LogP contribution in [0, 0.1) is 0 Å². The van der Waals surface area contributed by atoms with Gasteiger partial charge in [-0.2, -0.15) is 0 Å². The van der Waals surface area contributed by atoms with Gasteiger partial charge in [0.15, 0.2) is 16.6 Å². The second-order valence-corrected chi connectivity index (χ2v) is 18.4. The van der Waals surface area contributed by atoms with Crippen molar-refractivity contribution in [2.24, 2.45) is 0 Å². The van der Waals surface area contributed by atoms with E-state index in [9.17, 15) is 0 Å². The molecule has 0 unspecified atom stereocenters. The van der Waals surface area contributed by atoms with Gasteiger partial charge in [0.1, 0.15) is 0 Å². The summed E-state index contributed by atoms with van der Waals surface area (Å²) in [7, 11) is -3.14. The number of hydrogen-bond acceptors (Lipinski definition) is 2. The van der Waals surface area contributed by atoms with E-state index in [1.54, 1.807) is 0 Å². The normalized spacial score (nSPS) is 14.2. The van der Waals surface area contributed by atoms with Gasteiger partial charge in [-0.15, -0.1) is 0 Å². The first-order valence-electron chi connectivity index (χ1n) is 10.3. The van der Waals surface area contributed by atoms with Crippen LogP contribution in [0.15, 0.2) is 0 Å². The van der Waals surface area contributed by atoms with Crippen LogP contribution in [0.1, 0.15) is 82.1 Å². The van der Waals surface area contributed by atoms with Crippen molar-refractivity contribution < 1.29 is 8.85 Å². The van der Waals surface area contributed by atoms with E-state index in [0.29, 0.717) is 0 Å². The lowest BCUT2D eigenvalue weighted by molar-refractivity contribution is 0.113. The second kappa shape index (κ2) is 9.89. The number of unbranched alkanes of at least 4 members (excludes halogenated alkanes) is 1. The summed E-state index contributed by atoms with van der Waals surface area (Å²) in [5, 5.41) is 0. The third-order valence-electron chi connectivity index (χ3n) is 5.14. The molecular weight excluding hydrogens is 328 g/mol. The molecule has 0 spiro atoms. The molecule has 0 heterocycles. The van der Waals surface area contributed by atoms with E-state index < -0.39 is 16.6 Å². The lowest BCUT2D eigenvalue weighted by Gasteiger charge is -2.38. The van der Waals surface area contributed by atoms with Crippen LogP contribution >= 0.6 is 0 Å². The minimum absolute atomic E-state index is 0.00106. The standard InChI is InChI=1S/C20H46O2Si2/c1-11-23(12-2,21-19(5,6)7)17-15-16-18-24(13-3,14-4)22-20(8,9)10/h11-18H2,1-10H3. The van der Waals surface area contributed by atoms with Crippen molar-refractivity contribution >= 4 is 16.6 Å². The smallest absolute Gasteiger partial charge is 0.192 e. The fourth-order valence-electron chi connectivity index (χ4n) is 3.79. The van der Waals surface area contributed by atoms with Crippen molar-refractivity contribution in [3.8, 4) is 0 Å². The summed E-state index contributed by atoms with van der Waals surface area (Å²) in [6.07, 6.45) is 2.62. The molecule has 0 N–H and O–H groups in total. The number of hydrogen-bond donors (Lipinski definition) is 0. The molecule has 2 nitrogen and oxygen atoms in total. The fourth-order valence-corrected chi connectivity index (χ4v) is 11.4. The predicted octanol–water partition coefficient (Wildman–Crippen LogP) is 7.37. The highest BCUT2D eigenvalue weighted by Crippen LogP contribution is 2.33. The summed E-state index contributed by atoms with van der Waals surface area (Å²) < 4.78 is 13.2. The van der Waals surface area contributed by atoms with E-state index in [0.717, 1.165) is 0 Å². The lowest BCUT2D eigenvalue weighted by atomic mass is 10.2. The third kappa shape index (κ3) is 9.16. The van der Waals surface area contributed by atoms with E-state index in [-0.39, 0.29) is 11.2 Å². The Hall–Kier alpha value is 0.354. The molecular formula is C20H46O2Si2. The summed E-state index contributed by atoms with van der Waals surface area (Å²) in [4.78, 5) is 0. The average molecular weight is 375 g/mol. The Kier molecular flexibility index (Phi) is 10.0. The van der Waals surface area contributed by atoms with Crippen molar-refractivity contribution in [1.29, 1.82) is 0 Å². The molecule has 24 heavy (non-hydrogen) atoms. The predicted molar refractivity (Wildman–Crippen MR) is 114 cm³/mol. The zero-order chi connectivity index (χ0) is 19.1. The van der Waals surface area contributed by atoms with Gasteiger partial charge in [0, 0.05) is 11.2 Å². The van der Waals surface area contributed by atoms with Gasteiger partial charge >= 0.3 is 0 Å². The molecule has 4 heteroatoms. The van der Waals surface area contributed by atoms with Gasteiger partial charge in [-0.05, 0) is 77.8 Å². The second-order valence-electron chi connectivity index (χ2n) is 9.42. The molecule has 146 valence electrons. The van der Waals surface area contributed by atoms with Gasteiger partial charge in [-0.3, -0.25) is 0 Å². The minimum atomic E-state index is -1.57. The quantitative estimate of drug-likeness (QED) is 0.277. The molecule has 0 bridgehead atoms. The highest BCUT2D eigenvalue weighted by atomic mass is 28.4. The molecule has 0 aliphatic heterocycles. The summed E-state index contributed by atoms with van der Waals surface area (Å²) in [6.45, 7) is 22.6. The molecule has 0 aromatic heterocycles. The molecule has 0 saturated carbocycles. The first-order valence-corrected chi connectivity index (χ1v) is 15.3. The van der Waals surface area contributed by atoms with Crippen molar-refractivity contribution in [3.63, 3.8) is 0 Å². The fraction of sp³-hybridized carbons (Fsp3) is 1.00. The summed E-state index contributed by atoms with van der Waals surface area (Å²) in [5.74, 6) is 0. The van der Waals surface area contributed by atoms with Crippen LogP contribution in [0.3, 0.4) is 0 Å². The molecule has 0 amide bonds. The van der Waals surface area contributed by atoms with E-state index in [1.165, 1.54) is 49.1 Å². The SMILES string of the molecule is CC[Si](CC)(CCCC[Si](CC)(CC)OC(C)(C)C)OC(C)(C)C. The van der Waals surface area contributed by atoms with Crippen molar-refractivity contribution in [2.45, 2.75) is 130 Å². The Balaban J connectivity index is 4.70. The molecule has 0 rings (SSSR count). The summed E-state index contributed by atoms with van der Waals surface area (Å²) >= 11 is 0. The van der Waals surface area contributed by atoms with Crippen LogP contribution in [0.25, 0.3) is 0 Å². The summed E-state index contributed by atoms with van der Waals surface area (Å²) in [6, 6.07) is 7.58. The maximum Gasteiger partial charge on any atom is 0.192 e.